The van der Waals surface area contributed by atoms with Crippen LogP contribution in [0.3, 0.4) is 0 Å². The lowest BCUT2D eigenvalue weighted by Crippen LogP contribution is -2.04. The molecule has 17 heavy (non-hydrogen) atoms. The number of hydrogen-bond acceptors (Lipinski definition) is 3. The van der Waals surface area contributed by atoms with Crippen LogP contribution in [-0.2, 0) is 0 Å². The van der Waals surface area contributed by atoms with E-state index >= 15 is 0 Å². The van der Waals surface area contributed by atoms with Gasteiger partial charge in [0.25, 0.3) is 0 Å². The number of allylic oxidation sites excluding steroid dienone is 2. The molecule has 0 aromatic carbocycles. The van der Waals surface area contributed by atoms with E-state index in [1.165, 1.54) is 19.9 Å². The van der Waals surface area contributed by atoms with E-state index in [0.717, 1.165) is 0 Å². The maximum Gasteiger partial charge on any atom is 0.150 e. The number of aromatic amines is 1. The van der Waals surface area contributed by atoms with Crippen LogP contribution in [0.5, 0.6) is 0 Å². The summed E-state index contributed by atoms with van der Waals surface area (Å²) in [5, 5.41) is 17.7. The predicted molar refractivity (Wildman–Crippen MR) is 64.7 cm³/mol. The molecule has 0 aliphatic heterocycles. The van der Waals surface area contributed by atoms with Crippen molar-refractivity contribution < 1.29 is 9.50 Å². The number of nitrogens with one attached hydrogen (secondary N) is 2. The second kappa shape index (κ2) is 4.01. The highest BCUT2D eigenvalue weighted by atomic mass is 19.1. The minimum absolute atomic E-state index is 0.00699. The first kappa shape index (κ1) is 11.3. The second-order valence-corrected chi connectivity index (χ2v) is 3.82. The topological polar surface area (TPSA) is 72.8 Å². The lowest BCUT2D eigenvalue weighted by atomic mass is 10.1. The van der Waals surface area contributed by atoms with Gasteiger partial charge in [0, 0.05) is 17.3 Å². The Kier molecular flexibility index (Phi) is 2.67. The Labute approximate surface area is 97.3 Å². The molecular weight excluding hydrogens is 221 g/mol. The summed E-state index contributed by atoms with van der Waals surface area (Å²) >= 11 is 0. The molecule has 2 heterocycles. The van der Waals surface area contributed by atoms with Crippen molar-refractivity contribution in [3.8, 4) is 0 Å². The summed E-state index contributed by atoms with van der Waals surface area (Å²) in [6, 6.07) is 3.04. The average molecular weight is 233 g/mol. The fraction of sp³-hybridized carbons (Fsp3) is 0.167. The fourth-order valence-corrected chi connectivity index (χ4v) is 1.75. The van der Waals surface area contributed by atoms with Crippen molar-refractivity contribution in [2.75, 3.05) is 0 Å². The highest BCUT2D eigenvalue weighted by molar-refractivity contribution is 6.21. The normalized spacial score (nSPS) is 12.6. The summed E-state index contributed by atoms with van der Waals surface area (Å²) in [6.45, 7) is 2.89. The standard InChI is InChI=1S/C12H12FN3O/c1-6(14)10(7(2)17)11-9(13)5-8-3-4-15-12(8)16-11/h3-5,14,17H,1-2H3,(H,15,16)/b10-7+,14-6?. The van der Waals surface area contributed by atoms with Crippen LogP contribution >= 0.6 is 0 Å². The molecule has 2 aromatic heterocycles. The van der Waals surface area contributed by atoms with E-state index in [4.69, 9.17) is 5.41 Å². The Morgan fingerprint density at radius 2 is 2.18 bits per heavy atom. The molecule has 0 saturated heterocycles. The van der Waals surface area contributed by atoms with Gasteiger partial charge in [0.15, 0.2) is 0 Å². The number of nitrogens with zero attached hydrogens (tertiary/aromatic N) is 1. The van der Waals surface area contributed by atoms with Gasteiger partial charge in [-0.1, -0.05) is 0 Å². The maximum atomic E-state index is 13.8. The molecule has 2 aromatic rings. The molecule has 0 amide bonds. The van der Waals surface area contributed by atoms with Crippen LogP contribution < -0.4 is 0 Å². The first-order valence-corrected chi connectivity index (χ1v) is 5.10. The molecule has 0 fully saturated rings. The third-order valence-corrected chi connectivity index (χ3v) is 2.46. The molecule has 2 rings (SSSR count). The van der Waals surface area contributed by atoms with Crippen molar-refractivity contribution >= 4 is 22.3 Å². The van der Waals surface area contributed by atoms with Gasteiger partial charge >= 0.3 is 0 Å². The Morgan fingerprint density at radius 1 is 1.47 bits per heavy atom. The molecule has 88 valence electrons. The van der Waals surface area contributed by atoms with Crippen LogP contribution in [0.15, 0.2) is 24.1 Å². The van der Waals surface area contributed by atoms with Crippen molar-refractivity contribution in [3.63, 3.8) is 0 Å². The smallest absolute Gasteiger partial charge is 0.150 e. The Hall–Kier alpha value is -2.17. The van der Waals surface area contributed by atoms with E-state index in [1.807, 2.05) is 0 Å². The van der Waals surface area contributed by atoms with Crippen molar-refractivity contribution in [1.29, 1.82) is 5.41 Å². The van der Waals surface area contributed by atoms with Crippen LogP contribution in [-0.4, -0.2) is 20.8 Å². The maximum absolute atomic E-state index is 13.8. The van der Waals surface area contributed by atoms with Crippen molar-refractivity contribution in [1.82, 2.24) is 9.97 Å². The summed E-state index contributed by atoms with van der Waals surface area (Å²) in [4.78, 5) is 6.96. The van der Waals surface area contributed by atoms with E-state index in [9.17, 15) is 9.50 Å². The summed E-state index contributed by atoms with van der Waals surface area (Å²) in [6.07, 6.45) is 1.66. The molecule has 0 atom stereocenters. The summed E-state index contributed by atoms with van der Waals surface area (Å²) in [7, 11) is 0. The number of hydrogen-bond donors (Lipinski definition) is 3. The molecule has 0 bridgehead atoms. The lowest BCUT2D eigenvalue weighted by Gasteiger charge is -2.08. The molecule has 0 radical (unpaired) electrons. The largest absolute Gasteiger partial charge is 0.512 e. The van der Waals surface area contributed by atoms with Gasteiger partial charge in [-0.2, -0.15) is 0 Å². The highest BCUT2D eigenvalue weighted by Crippen LogP contribution is 2.23. The zero-order valence-corrected chi connectivity index (χ0v) is 9.50. The first-order chi connectivity index (χ1) is 8.00. The third-order valence-electron chi connectivity index (χ3n) is 2.46. The molecule has 0 unspecified atom stereocenters. The predicted octanol–water partition coefficient (Wildman–Crippen LogP) is 3.03. The van der Waals surface area contributed by atoms with Crippen LogP contribution in [0.4, 0.5) is 4.39 Å². The first-order valence-electron chi connectivity index (χ1n) is 5.10. The molecule has 0 aliphatic carbocycles. The van der Waals surface area contributed by atoms with Crippen molar-refractivity contribution in [2.24, 2.45) is 0 Å². The summed E-state index contributed by atoms with van der Waals surface area (Å²) in [5.41, 5.74) is 0.718. The Balaban J connectivity index is 2.73. The van der Waals surface area contributed by atoms with Gasteiger partial charge in [-0.05, 0) is 26.0 Å². The van der Waals surface area contributed by atoms with E-state index in [-0.39, 0.29) is 22.7 Å². The average Bonchev–Trinajstić information content (AvgIpc) is 2.64. The van der Waals surface area contributed by atoms with Gasteiger partial charge < -0.3 is 15.5 Å². The third kappa shape index (κ3) is 1.91. The molecular formula is C12H12FN3O. The Bertz CT molecular complexity index is 624. The van der Waals surface area contributed by atoms with Gasteiger partial charge in [0.05, 0.1) is 5.57 Å². The SMILES string of the molecule is CC(=N)/C(=C(/C)O)c1nc2[nH]ccc2cc1F. The van der Waals surface area contributed by atoms with Crippen molar-refractivity contribution in [3.05, 3.63) is 35.6 Å². The van der Waals surface area contributed by atoms with Gasteiger partial charge in [0.2, 0.25) is 0 Å². The Morgan fingerprint density at radius 3 is 2.76 bits per heavy atom. The number of rotatable bonds is 2. The van der Waals surface area contributed by atoms with Crippen LogP contribution in [0.1, 0.15) is 19.5 Å². The van der Waals surface area contributed by atoms with Crippen LogP contribution in [0.25, 0.3) is 16.6 Å². The van der Waals surface area contributed by atoms with Gasteiger partial charge in [-0.25, -0.2) is 9.37 Å². The van der Waals surface area contributed by atoms with Gasteiger partial charge in [0.1, 0.15) is 22.9 Å². The number of aromatic nitrogens is 2. The zero-order valence-electron chi connectivity index (χ0n) is 9.50. The fourth-order valence-electron chi connectivity index (χ4n) is 1.75. The highest BCUT2D eigenvalue weighted by Gasteiger charge is 2.16. The summed E-state index contributed by atoms with van der Waals surface area (Å²) in [5.74, 6) is -0.665. The molecule has 0 saturated carbocycles. The number of pyridine rings is 1. The van der Waals surface area contributed by atoms with E-state index in [2.05, 4.69) is 9.97 Å². The zero-order chi connectivity index (χ0) is 12.6. The van der Waals surface area contributed by atoms with Crippen LogP contribution in [0.2, 0.25) is 0 Å². The minimum Gasteiger partial charge on any atom is -0.512 e. The van der Waals surface area contributed by atoms with E-state index in [1.54, 1.807) is 12.3 Å². The molecule has 5 heteroatoms. The number of aliphatic hydroxyl groups excluding tert-OH is 1. The lowest BCUT2D eigenvalue weighted by molar-refractivity contribution is 0.417. The van der Waals surface area contributed by atoms with Crippen LogP contribution in [0, 0.1) is 11.2 Å². The molecule has 0 spiro atoms. The number of fused-ring (bicyclic) bond motifs is 1. The van der Waals surface area contributed by atoms with E-state index < -0.39 is 5.82 Å². The second-order valence-electron chi connectivity index (χ2n) is 3.82. The van der Waals surface area contributed by atoms with Crippen molar-refractivity contribution in [2.45, 2.75) is 13.8 Å². The molecule has 4 nitrogen and oxygen atoms in total. The minimum atomic E-state index is -0.549. The monoisotopic (exact) mass is 233 g/mol. The van der Waals surface area contributed by atoms with Gasteiger partial charge in [-0.3, -0.25) is 0 Å². The summed E-state index contributed by atoms with van der Waals surface area (Å²) < 4.78 is 13.8. The quantitative estimate of drug-likeness (QED) is 0.551. The van der Waals surface area contributed by atoms with Gasteiger partial charge in [-0.15, -0.1) is 0 Å². The molecule has 3 N–H and O–H groups in total. The number of aliphatic hydroxyl groups is 1. The number of halogens is 1. The molecule has 0 aliphatic rings. The number of H-pyrrole nitrogens is 1. The van der Waals surface area contributed by atoms with E-state index in [0.29, 0.717) is 11.0 Å².